The third-order valence-electron chi connectivity index (χ3n) is 6.61. The summed E-state index contributed by atoms with van der Waals surface area (Å²) < 4.78 is 11.8. The van der Waals surface area contributed by atoms with Gasteiger partial charge in [-0.15, -0.1) is 11.8 Å². The Bertz CT molecular complexity index is 1360. The lowest BCUT2D eigenvalue weighted by atomic mass is 9.70. The highest BCUT2D eigenvalue weighted by molar-refractivity contribution is 7.99. The quantitative estimate of drug-likeness (QED) is 0.155. The van der Waals surface area contributed by atoms with Gasteiger partial charge in [-0.2, -0.15) is 0 Å². The Morgan fingerprint density at radius 3 is 1.61 bits per heavy atom. The highest BCUT2D eigenvalue weighted by Crippen LogP contribution is 2.50. The van der Waals surface area contributed by atoms with E-state index in [0.29, 0.717) is 23.6 Å². The molecular formula is C33H43ClO14S. The molecule has 14 nitrogen and oxygen atoms in total. The topological polar surface area (TPSA) is 242 Å². The molecule has 0 saturated carbocycles. The third kappa shape index (κ3) is 18.7. The van der Waals surface area contributed by atoms with Gasteiger partial charge in [0.25, 0.3) is 17.9 Å². The second kappa shape index (κ2) is 23.1. The minimum absolute atomic E-state index is 0.310. The van der Waals surface area contributed by atoms with Crippen LogP contribution in [0.15, 0.2) is 42.5 Å². The zero-order chi connectivity index (χ0) is 37.8. The van der Waals surface area contributed by atoms with Crippen molar-refractivity contribution >= 4 is 59.2 Å². The zero-order valence-electron chi connectivity index (χ0n) is 27.7. The molecule has 0 amide bonds. The molecule has 0 radical (unpaired) electrons. The number of hydrogen-bond acceptors (Lipinski definition) is 9. The number of hydrogen-bond donors (Lipinski definition) is 6. The summed E-state index contributed by atoms with van der Waals surface area (Å²) in [5, 5.41) is 51.6. The molecule has 272 valence electrons. The summed E-state index contributed by atoms with van der Waals surface area (Å²) in [5.41, 5.74) is 1.88. The van der Waals surface area contributed by atoms with Crippen molar-refractivity contribution in [1.82, 2.24) is 0 Å². The Kier molecular flexibility index (Phi) is 21.0. The molecule has 1 saturated heterocycles. The number of carboxylic acid groups (broad SMARTS) is 6. The van der Waals surface area contributed by atoms with Crippen molar-refractivity contribution in [3.63, 3.8) is 0 Å². The maximum atomic E-state index is 11.8. The van der Waals surface area contributed by atoms with Gasteiger partial charge in [-0.25, -0.2) is 0 Å². The van der Waals surface area contributed by atoms with E-state index in [1.54, 1.807) is 18.4 Å². The Morgan fingerprint density at radius 2 is 1.18 bits per heavy atom. The molecule has 3 rings (SSSR count). The van der Waals surface area contributed by atoms with Crippen LogP contribution < -0.4 is 4.74 Å². The normalized spacial score (nSPS) is 19.2. The summed E-state index contributed by atoms with van der Waals surface area (Å²) in [6, 6.07) is 13.0. The van der Waals surface area contributed by atoms with Crippen LogP contribution in [0, 0.1) is 17.8 Å². The van der Waals surface area contributed by atoms with Gasteiger partial charge in [0, 0.05) is 44.1 Å². The number of rotatable bonds is 12. The minimum Gasteiger partial charge on any atom is -0.494 e. The monoisotopic (exact) mass is 730 g/mol. The maximum Gasteiger partial charge on any atom is 0.303 e. The van der Waals surface area contributed by atoms with Crippen LogP contribution in [0.1, 0.15) is 69.8 Å². The first-order valence-electron chi connectivity index (χ1n) is 14.7. The summed E-state index contributed by atoms with van der Waals surface area (Å²) in [4.78, 5) is 62.2. The smallest absolute Gasteiger partial charge is 0.303 e. The Balaban J connectivity index is 0.00000166. The number of ether oxygens (including phenoxy) is 2. The fraction of sp³-hybridized carbons (Fsp3) is 0.455. The Hall–Kier alpha value is -4.34. The third-order valence-corrected chi connectivity index (χ3v) is 7.90. The van der Waals surface area contributed by atoms with E-state index in [1.165, 1.54) is 11.8 Å². The van der Waals surface area contributed by atoms with Crippen LogP contribution in [-0.4, -0.2) is 84.8 Å². The van der Waals surface area contributed by atoms with E-state index < -0.39 is 65.1 Å². The average molecular weight is 731 g/mol. The van der Waals surface area contributed by atoms with Gasteiger partial charge < -0.3 is 40.1 Å². The highest BCUT2D eigenvalue weighted by Gasteiger charge is 2.48. The molecule has 0 aromatic heterocycles. The second-order valence-electron chi connectivity index (χ2n) is 10.6. The van der Waals surface area contributed by atoms with Gasteiger partial charge in [-0.05, 0) is 60.4 Å². The van der Waals surface area contributed by atoms with Crippen LogP contribution >= 0.6 is 23.4 Å². The van der Waals surface area contributed by atoms with Gasteiger partial charge >= 0.3 is 17.9 Å². The lowest BCUT2D eigenvalue weighted by Crippen LogP contribution is -2.45. The number of halogens is 1. The molecule has 1 heterocycles. The SMILES string of the molecule is CC(=O)O.CC(=O)O.CC(=O)O.CCOc1ccc(Cc2cc([C@H]3O[C@H](SC)[C@@H](CC(=O)O)[C@H](CC(=O)O)[C@@H]3CC(=O)O)ccc2Cl)cc1. The second-order valence-corrected chi connectivity index (χ2v) is 12.0. The van der Waals surface area contributed by atoms with E-state index in [1.807, 2.05) is 37.3 Å². The summed E-state index contributed by atoms with van der Waals surface area (Å²) in [5.74, 6) is -7.12. The van der Waals surface area contributed by atoms with Crippen molar-refractivity contribution in [2.45, 2.75) is 64.9 Å². The zero-order valence-corrected chi connectivity index (χ0v) is 29.3. The van der Waals surface area contributed by atoms with Crippen LogP contribution in [0.5, 0.6) is 5.75 Å². The van der Waals surface area contributed by atoms with Crippen LogP contribution in [0.25, 0.3) is 0 Å². The molecule has 16 heteroatoms. The molecular weight excluding hydrogens is 688 g/mol. The minimum atomic E-state index is -1.11. The molecule has 2 aromatic carbocycles. The Labute approximate surface area is 293 Å². The van der Waals surface area contributed by atoms with E-state index in [0.717, 1.165) is 37.6 Å². The van der Waals surface area contributed by atoms with E-state index in [9.17, 15) is 29.7 Å². The Morgan fingerprint density at radius 1 is 0.735 bits per heavy atom. The number of aliphatic carboxylic acids is 6. The standard InChI is InChI=1S/C27H31ClO8S.3C2H4O2/c1-3-35-18-7-4-15(5-8-18)10-17-11-16(6-9-22(17)28)26-20(13-24(31)32)19(12-23(29)30)21(14-25(33)34)27(36-26)37-2;3*1-2(3)4/h4-9,11,19-21,26-27H,3,10,12-14H2,1-2H3,(H,29,30)(H,31,32)(H,33,34);3*1H3,(H,3,4)/t19-,20+,21+,26-,27-;;;/m1.../s1. The van der Waals surface area contributed by atoms with Gasteiger partial charge in [0.05, 0.1) is 25.6 Å². The molecule has 0 bridgehead atoms. The van der Waals surface area contributed by atoms with Crippen LogP contribution in [0.4, 0.5) is 0 Å². The van der Waals surface area contributed by atoms with Crippen molar-refractivity contribution in [3.8, 4) is 5.75 Å². The summed E-state index contributed by atoms with van der Waals surface area (Å²) in [6.45, 7) is 5.73. The van der Waals surface area contributed by atoms with Gasteiger partial charge in [-0.3, -0.25) is 28.8 Å². The first kappa shape index (κ1) is 44.7. The van der Waals surface area contributed by atoms with Crippen LogP contribution in [0.3, 0.4) is 0 Å². The molecule has 2 aromatic rings. The van der Waals surface area contributed by atoms with E-state index in [2.05, 4.69) is 0 Å². The molecule has 0 spiro atoms. The summed E-state index contributed by atoms with van der Waals surface area (Å²) >= 11 is 7.81. The molecule has 5 atom stereocenters. The van der Waals surface area contributed by atoms with E-state index in [-0.39, 0.29) is 19.3 Å². The molecule has 1 fully saturated rings. The van der Waals surface area contributed by atoms with Gasteiger partial charge in [0.2, 0.25) is 0 Å². The lowest BCUT2D eigenvalue weighted by Gasteiger charge is -2.46. The first-order chi connectivity index (χ1) is 22.8. The van der Waals surface area contributed by atoms with Crippen molar-refractivity contribution in [2.24, 2.45) is 17.8 Å². The molecule has 49 heavy (non-hydrogen) atoms. The number of carboxylic acids is 6. The summed E-state index contributed by atoms with van der Waals surface area (Å²) in [7, 11) is 0. The van der Waals surface area contributed by atoms with Crippen molar-refractivity contribution in [1.29, 1.82) is 0 Å². The number of benzene rings is 2. The van der Waals surface area contributed by atoms with E-state index >= 15 is 0 Å². The molecule has 0 unspecified atom stereocenters. The summed E-state index contributed by atoms with van der Waals surface area (Å²) in [6.07, 6.45) is 0.540. The fourth-order valence-electron chi connectivity index (χ4n) is 5.06. The largest absolute Gasteiger partial charge is 0.494 e. The van der Waals surface area contributed by atoms with Gasteiger partial charge in [0.1, 0.15) is 11.2 Å². The number of thioether (sulfide) groups is 1. The maximum absolute atomic E-state index is 11.8. The lowest BCUT2D eigenvalue weighted by molar-refractivity contribution is -0.161. The van der Waals surface area contributed by atoms with Crippen molar-refractivity contribution in [3.05, 3.63) is 64.2 Å². The van der Waals surface area contributed by atoms with Crippen molar-refractivity contribution in [2.75, 3.05) is 12.9 Å². The first-order valence-corrected chi connectivity index (χ1v) is 16.4. The average Bonchev–Trinajstić information content (AvgIpc) is 2.96. The molecule has 6 N–H and O–H groups in total. The number of carbonyl (C=O) groups is 6. The van der Waals surface area contributed by atoms with Gasteiger partial charge in [-0.1, -0.05) is 35.9 Å². The van der Waals surface area contributed by atoms with Crippen LogP contribution in [-0.2, 0) is 39.9 Å². The predicted octanol–water partition coefficient (Wildman–Crippen LogP) is 5.64. The van der Waals surface area contributed by atoms with Gasteiger partial charge in [0.15, 0.2) is 0 Å². The van der Waals surface area contributed by atoms with Crippen LogP contribution in [0.2, 0.25) is 5.02 Å². The van der Waals surface area contributed by atoms with E-state index in [4.69, 9.17) is 50.8 Å². The molecule has 1 aliphatic heterocycles. The van der Waals surface area contributed by atoms with Crippen molar-refractivity contribution < 1.29 is 68.9 Å². The predicted molar refractivity (Wildman–Crippen MR) is 180 cm³/mol. The molecule has 1 aliphatic rings. The highest BCUT2D eigenvalue weighted by atomic mass is 35.5. The fourth-order valence-corrected chi connectivity index (χ4v) is 6.12. The molecule has 0 aliphatic carbocycles.